The first-order chi connectivity index (χ1) is 11.9. The molecule has 3 rings (SSSR count). The number of nitrogens with zero attached hydrogens (tertiary/aromatic N) is 2. The van der Waals surface area contributed by atoms with Crippen LogP contribution in [0.2, 0.25) is 0 Å². The van der Waals surface area contributed by atoms with E-state index in [2.05, 4.69) is 10.3 Å². The summed E-state index contributed by atoms with van der Waals surface area (Å²) in [6.07, 6.45) is 2.44. The van der Waals surface area contributed by atoms with Crippen molar-refractivity contribution in [2.75, 3.05) is 12.1 Å². The largest absolute Gasteiger partial charge is 0.454 e. The molecule has 2 aromatic rings. The molecular formula is C15H11N3O6S. The maximum atomic E-state index is 11.9. The molecule has 9 nitrogen and oxygen atoms in total. The number of hydrogen-bond donors (Lipinski definition) is 1. The molecule has 0 radical (unpaired) electrons. The Hall–Kier alpha value is -3.27. The van der Waals surface area contributed by atoms with Crippen molar-refractivity contribution in [2.24, 2.45) is 0 Å². The van der Waals surface area contributed by atoms with E-state index in [1.807, 2.05) is 0 Å². The smallest absolute Gasteiger partial charge is 0.280 e. The number of nitro groups is 1. The number of carbonyl (C=O) groups is 2. The summed E-state index contributed by atoms with van der Waals surface area (Å²) in [5.41, 5.74) is 0.255. The summed E-state index contributed by atoms with van der Waals surface area (Å²) in [6.45, 7) is 1.36. The second-order valence-corrected chi connectivity index (χ2v) is 5.80. The number of fused-ring (bicyclic) bond motifs is 1. The van der Waals surface area contributed by atoms with Gasteiger partial charge in [0, 0.05) is 18.4 Å². The molecule has 10 heteroatoms. The number of benzene rings is 1. The third-order valence-corrected chi connectivity index (χ3v) is 3.99. The van der Waals surface area contributed by atoms with Gasteiger partial charge in [0.15, 0.2) is 22.4 Å². The van der Waals surface area contributed by atoms with Crippen LogP contribution in [0.5, 0.6) is 11.5 Å². The van der Waals surface area contributed by atoms with Crippen LogP contribution in [0, 0.1) is 10.1 Å². The van der Waals surface area contributed by atoms with Gasteiger partial charge in [-0.2, -0.15) is 0 Å². The number of nitrogens with one attached hydrogen (secondary N) is 1. The number of carbonyl (C=O) groups excluding carboxylic acids is 2. The van der Waals surface area contributed by atoms with E-state index >= 15 is 0 Å². The summed E-state index contributed by atoms with van der Waals surface area (Å²) in [5, 5.41) is 15.4. The number of rotatable bonds is 5. The number of thiazole rings is 1. The number of ether oxygens (including phenoxy) is 2. The first-order valence-corrected chi connectivity index (χ1v) is 7.85. The number of amides is 1. The molecule has 1 aliphatic heterocycles. The van der Waals surface area contributed by atoms with Gasteiger partial charge >= 0.3 is 0 Å². The summed E-state index contributed by atoms with van der Waals surface area (Å²) in [5.74, 6) is -0.0794. The third-order valence-electron chi connectivity index (χ3n) is 3.23. The Morgan fingerprint density at radius 3 is 2.72 bits per heavy atom. The normalized spacial score (nSPS) is 12.4. The Kier molecular flexibility index (Phi) is 4.44. The minimum atomic E-state index is -0.570. The van der Waals surface area contributed by atoms with E-state index in [1.165, 1.54) is 30.5 Å². The maximum Gasteiger partial charge on any atom is 0.280 e. The van der Waals surface area contributed by atoms with E-state index in [9.17, 15) is 19.7 Å². The van der Waals surface area contributed by atoms with Gasteiger partial charge in [-0.05, 0) is 12.1 Å². The number of nitro benzene ring substituents is 1. The molecule has 0 fully saturated rings. The molecule has 0 saturated heterocycles. The molecule has 1 aromatic carbocycles. The molecule has 0 aliphatic carbocycles. The minimum absolute atomic E-state index is 0.0112. The van der Waals surface area contributed by atoms with Crippen LogP contribution in [0.4, 0.5) is 10.8 Å². The molecule has 0 saturated carbocycles. The van der Waals surface area contributed by atoms with Gasteiger partial charge in [-0.3, -0.25) is 25.0 Å². The number of ketones is 1. The van der Waals surface area contributed by atoms with Crippen LogP contribution in [0.25, 0.3) is 6.08 Å². The fourth-order valence-corrected chi connectivity index (χ4v) is 2.80. The molecule has 0 atom stereocenters. The molecule has 0 bridgehead atoms. The molecule has 25 heavy (non-hydrogen) atoms. The molecule has 128 valence electrons. The Morgan fingerprint density at radius 2 is 2.08 bits per heavy atom. The number of aromatic nitrogens is 1. The van der Waals surface area contributed by atoms with Crippen molar-refractivity contribution >= 4 is 39.9 Å². The highest BCUT2D eigenvalue weighted by Crippen LogP contribution is 2.38. The van der Waals surface area contributed by atoms with Gasteiger partial charge in [-0.1, -0.05) is 0 Å². The fraction of sp³-hybridized carbons (Fsp3) is 0.133. The first-order valence-electron chi connectivity index (χ1n) is 6.97. The average molecular weight is 361 g/mol. The van der Waals surface area contributed by atoms with Crippen molar-refractivity contribution in [3.8, 4) is 11.5 Å². The van der Waals surface area contributed by atoms with Crippen LogP contribution >= 0.6 is 11.3 Å². The number of Topliss-reactive ketones (excluding diaryl/α,β-unsaturated/α-hetero) is 1. The van der Waals surface area contributed by atoms with Gasteiger partial charge in [0.2, 0.25) is 12.7 Å². The van der Waals surface area contributed by atoms with Gasteiger partial charge in [0.05, 0.1) is 16.6 Å². The van der Waals surface area contributed by atoms with E-state index in [0.717, 1.165) is 17.4 Å². The SMILES string of the molecule is CC(=O)c1csc(NC(=O)/C=C/c2cc3c(cc2[N+](=O)[O-])OCO3)n1. The van der Waals surface area contributed by atoms with E-state index in [0.29, 0.717) is 5.75 Å². The van der Waals surface area contributed by atoms with Gasteiger partial charge in [0.25, 0.3) is 5.69 Å². The van der Waals surface area contributed by atoms with Gasteiger partial charge in [-0.15, -0.1) is 11.3 Å². The molecule has 1 N–H and O–H groups in total. The van der Waals surface area contributed by atoms with Gasteiger partial charge in [0.1, 0.15) is 5.69 Å². The monoisotopic (exact) mass is 361 g/mol. The van der Waals surface area contributed by atoms with Crippen molar-refractivity contribution in [3.63, 3.8) is 0 Å². The minimum Gasteiger partial charge on any atom is -0.454 e. The van der Waals surface area contributed by atoms with Crippen LogP contribution in [-0.2, 0) is 4.79 Å². The van der Waals surface area contributed by atoms with Crippen LogP contribution in [0.3, 0.4) is 0 Å². The number of anilines is 1. The summed E-state index contributed by atoms with van der Waals surface area (Å²) in [7, 11) is 0. The molecular weight excluding hydrogens is 350 g/mol. The summed E-state index contributed by atoms with van der Waals surface area (Å²) in [6, 6.07) is 2.68. The molecule has 2 heterocycles. The zero-order valence-corrected chi connectivity index (χ0v) is 13.7. The van der Waals surface area contributed by atoms with Crippen molar-refractivity contribution in [2.45, 2.75) is 6.92 Å². The Balaban J connectivity index is 1.77. The molecule has 1 aliphatic rings. The molecule has 1 amide bonds. The Labute approximate surface area is 145 Å². The second-order valence-electron chi connectivity index (χ2n) is 4.94. The van der Waals surface area contributed by atoms with Crippen molar-refractivity contribution in [3.05, 3.63) is 45.0 Å². The first kappa shape index (κ1) is 16.6. The van der Waals surface area contributed by atoms with E-state index in [4.69, 9.17) is 9.47 Å². The Morgan fingerprint density at radius 1 is 1.36 bits per heavy atom. The lowest BCUT2D eigenvalue weighted by atomic mass is 10.1. The predicted molar refractivity (Wildman–Crippen MR) is 89.0 cm³/mol. The van der Waals surface area contributed by atoms with E-state index in [1.54, 1.807) is 0 Å². The zero-order valence-electron chi connectivity index (χ0n) is 12.8. The topological polar surface area (TPSA) is 121 Å². The lowest BCUT2D eigenvalue weighted by Crippen LogP contribution is -2.08. The summed E-state index contributed by atoms with van der Waals surface area (Å²) < 4.78 is 10.3. The lowest BCUT2D eigenvalue weighted by Gasteiger charge is -2.01. The second kappa shape index (κ2) is 6.69. The zero-order chi connectivity index (χ0) is 18.0. The quantitative estimate of drug-likeness (QED) is 0.376. The third kappa shape index (κ3) is 3.63. The highest BCUT2D eigenvalue weighted by Gasteiger charge is 2.22. The predicted octanol–water partition coefficient (Wildman–Crippen LogP) is 2.63. The van der Waals surface area contributed by atoms with Gasteiger partial charge < -0.3 is 9.47 Å². The Bertz CT molecular complexity index is 905. The maximum absolute atomic E-state index is 11.9. The van der Waals surface area contributed by atoms with Crippen LogP contribution < -0.4 is 14.8 Å². The molecule has 1 aromatic heterocycles. The average Bonchev–Trinajstić information content (AvgIpc) is 3.20. The van der Waals surface area contributed by atoms with Crippen LogP contribution in [-0.4, -0.2) is 28.4 Å². The highest BCUT2D eigenvalue weighted by molar-refractivity contribution is 7.14. The van der Waals surface area contributed by atoms with Crippen LogP contribution in [0.15, 0.2) is 23.6 Å². The summed E-state index contributed by atoms with van der Waals surface area (Å²) in [4.78, 5) is 37.7. The summed E-state index contributed by atoms with van der Waals surface area (Å²) >= 11 is 1.11. The molecule has 0 spiro atoms. The highest BCUT2D eigenvalue weighted by atomic mass is 32.1. The van der Waals surface area contributed by atoms with E-state index in [-0.39, 0.29) is 40.4 Å². The fourth-order valence-electron chi connectivity index (χ4n) is 2.04. The van der Waals surface area contributed by atoms with E-state index < -0.39 is 10.8 Å². The van der Waals surface area contributed by atoms with Crippen molar-refractivity contribution in [1.29, 1.82) is 0 Å². The lowest BCUT2D eigenvalue weighted by molar-refractivity contribution is -0.385. The number of hydrogen-bond acceptors (Lipinski definition) is 8. The molecule has 0 unspecified atom stereocenters. The van der Waals surface area contributed by atoms with Crippen molar-refractivity contribution < 1.29 is 24.0 Å². The van der Waals surface area contributed by atoms with Gasteiger partial charge in [-0.25, -0.2) is 4.98 Å². The van der Waals surface area contributed by atoms with Crippen molar-refractivity contribution in [1.82, 2.24) is 4.98 Å². The standard InChI is InChI=1S/C15H11N3O6S/c1-8(19)10-6-25-15(16-10)17-14(20)3-2-9-4-12-13(24-7-23-12)5-11(9)18(21)22/h2-6H,7H2,1H3,(H,16,17,20)/b3-2+. The van der Waals surface area contributed by atoms with Crippen LogP contribution in [0.1, 0.15) is 23.0 Å².